The van der Waals surface area contributed by atoms with E-state index in [1.165, 1.54) is 23.3 Å². The molecule has 0 radical (unpaired) electrons. The molecular weight excluding hydrogens is 261 g/mol. The third-order valence-electron chi connectivity index (χ3n) is 3.73. The monoisotopic (exact) mass is 275 g/mol. The van der Waals surface area contributed by atoms with Gasteiger partial charge in [-0.2, -0.15) is 0 Å². The first-order valence-corrected chi connectivity index (χ1v) is 6.79. The van der Waals surface area contributed by atoms with Gasteiger partial charge in [-0.3, -0.25) is 0 Å². The van der Waals surface area contributed by atoms with E-state index in [9.17, 15) is 4.39 Å². The lowest BCUT2D eigenvalue weighted by molar-refractivity contribution is 0.623. The Morgan fingerprint density at radius 2 is 1.95 bits per heavy atom. The van der Waals surface area contributed by atoms with Crippen LogP contribution in [0.15, 0.2) is 36.4 Å². The maximum Gasteiger partial charge on any atom is 0.123 e. The van der Waals surface area contributed by atoms with Crippen molar-refractivity contribution in [3.8, 4) is 0 Å². The maximum atomic E-state index is 13.0. The van der Waals surface area contributed by atoms with E-state index < -0.39 is 0 Å². The molecule has 19 heavy (non-hydrogen) atoms. The molecule has 0 aromatic heterocycles. The van der Waals surface area contributed by atoms with Crippen molar-refractivity contribution in [3.63, 3.8) is 0 Å². The van der Waals surface area contributed by atoms with E-state index in [0.29, 0.717) is 5.92 Å². The number of anilines is 1. The Morgan fingerprint density at radius 1 is 1.21 bits per heavy atom. The molecule has 0 bridgehead atoms. The Bertz CT molecular complexity index is 607. The van der Waals surface area contributed by atoms with Crippen molar-refractivity contribution in [1.82, 2.24) is 0 Å². The summed E-state index contributed by atoms with van der Waals surface area (Å²) >= 11 is 6.13. The molecule has 2 aromatic rings. The topological polar surface area (TPSA) is 12.0 Å². The molecular formula is C16H15ClFN. The summed E-state index contributed by atoms with van der Waals surface area (Å²) in [4.78, 5) is 0. The highest BCUT2D eigenvalue weighted by Gasteiger charge is 2.20. The molecule has 3 heteroatoms. The molecule has 1 aliphatic rings. The van der Waals surface area contributed by atoms with Crippen molar-refractivity contribution in [1.29, 1.82) is 0 Å². The van der Waals surface area contributed by atoms with Crippen LogP contribution in [-0.2, 0) is 6.42 Å². The molecule has 0 saturated carbocycles. The molecule has 0 amide bonds. The van der Waals surface area contributed by atoms with Gasteiger partial charge in [0, 0.05) is 23.2 Å². The van der Waals surface area contributed by atoms with Gasteiger partial charge in [-0.25, -0.2) is 4.39 Å². The molecule has 1 unspecified atom stereocenters. The lowest BCUT2D eigenvalue weighted by Crippen LogP contribution is -2.21. The number of nitrogens with one attached hydrogen (secondary N) is 1. The van der Waals surface area contributed by atoms with Gasteiger partial charge in [-0.05, 0) is 48.2 Å². The van der Waals surface area contributed by atoms with Crippen molar-refractivity contribution in [3.05, 3.63) is 63.9 Å². The van der Waals surface area contributed by atoms with Gasteiger partial charge >= 0.3 is 0 Å². The largest absolute Gasteiger partial charge is 0.384 e. The van der Waals surface area contributed by atoms with Gasteiger partial charge < -0.3 is 5.32 Å². The highest BCUT2D eigenvalue weighted by Crippen LogP contribution is 2.33. The van der Waals surface area contributed by atoms with Crippen LogP contribution < -0.4 is 5.32 Å². The first-order chi connectivity index (χ1) is 9.13. The van der Waals surface area contributed by atoms with E-state index in [1.54, 1.807) is 0 Å². The minimum Gasteiger partial charge on any atom is -0.384 e. The van der Waals surface area contributed by atoms with Crippen LogP contribution in [0.1, 0.15) is 22.6 Å². The molecule has 3 rings (SSSR count). The number of hydrogen-bond donors (Lipinski definition) is 1. The van der Waals surface area contributed by atoms with Crippen molar-refractivity contribution in [2.45, 2.75) is 19.3 Å². The average molecular weight is 276 g/mol. The van der Waals surface area contributed by atoms with Crippen molar-refractivity contribution in [2.24, 2.45) is 0 Å². The molecule has 1 atom stereocenters. The molecule has 1 heterocycles. The fourth-order valence-corrected chi connectivity index (χ4v) is 2.78. The summed E-state index contributed by atoms with van der Waals surface area (Å²) in [5.74, 6) is 0.198. The van der Waals surface area contributed by atoms with Gasteiger partial charge in [-0.1, -0.05) is 29.8 Å². The van der Waals surface area contributed by atoms with Gasteiger partial charge in [0.2, 0.25) is 0 Å². The fraction of sp³-hybridized carbons (Fsp3) is 0.250. The van der Waals surface area contributed by atoms with Crippen LogP contribution in [0, 0.1) is 12.7 Å². The summed E-state index contributed by atoms with van der Waals surface area (Å²) in [6, 6.07) is 10.9. The zero-order valence-electron chi connectivity index (χ0n) is 10.7. The fourth-order valence-electron chi connectivity index (χ4n) is 2.62. The maximum absolute atomic E-state index is 13.0. The lowest BCUT2D eigenvalue weighted by Gasteiger charge is -2.27. The van der Waals surface area contributed by atoms with Gasteiger partial charge in [0.15, 0.2) is 0 Å². The summed E-state index contributed by atoms with van der Waals surface area (Å²) in [6.07, 6.45) is 0.964. The molecule has 0 fully saturated rings. The molecule has 98 valence electrons. The smallest absolute Gasteiger partial charge is 0.123 e. The van der Waals surface area contributed by atoms with Crippen LogP contribution in [0.2, 0.25) is 5.02 Å². The molecule has 0 aliphatic carbocycles. The summed E-state index contributed by atoms with van der Waals surface area (Å²) in [5, 5.41) is 4.21. The first kappa shape index (κ1) is 12.5. The Kier molecular flexibility index (Phi) is 3.19. The normalized spacial score (nSPS) is 17.7. The van der Waals surface area contributed by atoms with E-state index >= 15 is 0 Å². The Labute approximate surface area is 117 Å². The van der Waals surface area contributed by atoms with Crippen molar-refractivity contribution < 1.29 is 4.39 Å². The van der Waals surface area contributed by atoms with Gasteiger partial charge in [-0.15, -0.1) is 0 Å². The average Bonchev–Trinajstić information content (AvgIpc) is 2.40. The lowest BCUT2D eigenvalue weighted by atomic mass is 9.87. The zero-order chi connectivity index (χ0) is 13.4. The minimum absolute atomic E-state index is 0.185. The second-order valence-corrected chi connectivity index (χ2v) is 5.50. The second-order valence-electron chi connectivity index (χ2n) is 5.09. The van der Waals surface area contributed by atoms with Crippen LogP contribution in [0.25, 0.3) is 0 Å². The van der Waals surface area contributed by atoms with Crippen LogP contribution in [0.5, 0.6) is 0 Å². The highest BCUT2D eigenvalue weighted by atomic mass is 35.5. The van der Waals surface area contributed by atoms with Crippen molar-refractivity contribution >= 4 is 17.3 Å². The van der Waals surface area contributed by atoms with Gasteiger partial charge in [0.1, 0.15) is 5.82 Å². The minimum atomic E-state index is -0.185. The zero-order valence-corrected chi connectivity index (χ0v) is 11.5. The molecule has 0 spiro atoms. The number of halogens is 2. The highest BCUT2D eigenvalue weighted by molar-refractivity contribution is 6.31. The predicted octanol–water partition coefficient (Wildman–Crippen LogP) is 4.54. The SMILES string of the molecule is Cc1cc2c(cc1Cl)NCC(c1ccc(F)cc1)C2. The Balaban J connectivity index is 1.89. The molecule has 1 N–H and O–H groups in total. The number of fused-ring (bicyclic) bond motifs is 1. The van der Waals surface area contributed by atoms with Crippen LogP contribution in [-0.4, -0.2) is 6.54 Å². The summed E-state index contributed by atoms with van der Waals surface area (Å²) in [6.45, 7) is 2.88. The third-order valence-corrected chi connectivity index (χ3v) is 4.14. The number of hydrogen-bond acceptors (Lipinski definition) is 1. The van der Waals surface area contributed by atoms with Crippen LogP contribution in [0.4, 0.5) is 10.1 Å². The van der Waals surface area contributed by atoms with Gasteiger partial charge in [0.25, 0.3) is 0 Å². The number of aryl methyl sites for hydroxylation is 1. The Morgan fingerprint density at radius 3 is 2.68 bits per heavy atom. The Hall–Kier alpha value is -1.54. The molecule has 2 aromatic carbocycles. The standard InChI is InChI=1S/C16H15ClFN/c1-10-6-12-7-13(9-19-16(12)8-15(10)17)11-2-4-14(18)5-3-11/h2-6,8,13,19H,7,9H2,1H3. The van der Waals surface area contributed by atoms with Gasteiger partial charge in [0.05, 0.1) is 0 Å². The molecule has 1 nitrogen and oxygen atoms in total. The van der Waals surface area contributed by atoms with E-state index in [1.807, 2.05) is 25.1 Å². The van der Waals surface area contributed by atoms with E-state index in [4.69, 9.17) is 11.6 Å². The predicted molar refractivity (Wildman–Crippen MR) is 77.5 cm³/mol. The summed E-state index contributed by atoms with van der Waals surface area (Å²) < 4.78 is 13.0. The molecule has 1 aliphatic heterocycles. The molecule has 0 saturated heterocycles. The van der Waals surface area contributed by atoms with E-state index in [2.05, 4.69) is 11.4 Å². The number of benzene rings is 2. The summed E-state index contributed by atoms with van der Waals surface area (Å²) in [5.41, 5.74) is 4.67. The van der Waals surface area contributed by atoms with Crippen molar-refractivity contribution in [2.75, 3.05) is 11.9 Å². The number of rotatable bonds is 1. The van der Waals surface area contributed by atoms with Crippen LogP contribution in [0.3, 0.4) is 0 Å². The first-order valence-electron chi connectivity index (χ1n) is 6.42. The quantitative estimate of drug-likeness (QED) is 0.806. The third kappa shape index (κ3) is 2.45. The van der Waals surface area contributed by atoms with Crippen LogP contribution >= 0.6 is 11.6 Å². The van der Waals surface area contributed by atoms with E-state index in [-0.39, 0.29) is 5.82 Å². The second kappa shape index (κ2) is 4.86. The van der Waals surface area contributed by atoms with E-state index in [0.717, 1.165) is 29.2 Å². The summed E-state index contributed by atoms with van der Waals surface area (Å²) in [7, 11) is 0.